The molecule has 1 aliphatic rings. The molecular formula is C15H21N3O3. The van der Waals surface area contributed by atoms with Gasteiger partial charge in [0.25, 0.3) is 5.91 Å². The molecule has 6 heteroatoms. The van der Waals surface area contributed by atoms with E-state index in [1.165, 1.54) is 11.1 Å². The maximum absolute atomic E-state index is 11.6. The van der Waals surface area contributed by atoms with E-state index in [1.54, 1.807) is 6.92 Å². The maximum atomic E-state index is 11.6. The highest BCUT2D eigenvalue weighted by Gasteiger charge is 2.21. The van der Waals surface area contributed by atoms with Gasteiger partial charge in [0.15, 0.2) is 6.10 Å². The van der Waals surface area contributed by atoms with Crippen molar-refractivity contribution in [2.24, 2.45) is 5.73 Å². The maximum Gasteiger partial charge on any atom is 0.318 e. The van der Waals surface area contributed by atoms with Gasteiger partial charge in [-0.05, 0) is 56.5 Å². The van der Waals surface area contributed by atoms with Crippen molar-refractivity contribution in [1.82, 2.24) is 10.6 Å². The minimum atomic E-state index is -0.877. The molecule has 0 saturated carbocycles. The molecule has 2 rings (SSSR count). The molecule has 6 nitrogen and oxygen atoms in total. The summed E-state index contributed by atoms with van der Waals surface area (Å²) in [6, 6.07) is 5.34. The van der Waals surface area contributed by atoms with Crippen LogP contribution in [-0.4, -0.2) is 25.1 Å². The van der Waals surface area contributed by atoms with Gasteiger partial charge in [-0.1, -0.05) is 6.07 Å². The summed E-state index contributed by atoms with van der Waals surface area (Å²) in [5.74, 6) is 0.0749. The van der Waals surface area contributed by atoms with Crippen molar-refractivity contribution in [2.45, 2.75) is 38.3 Å². The largest absolute Gasteiger partial charge is 0.481 e. The Morgan fingerprint density at radius 2 is 2.19 bits per heavy atom. The molecule has 0 heterocycles. The van der Waals surface area contributed by atoms with E-state index in [0.29, 0.717) is 11.8 Å². The van der Waals surface area contributed by atoms with Gasteiger partial charge in [-0.15, -0.1) is 0 Å². The Balaban J connectivity index is 2.08. The summed E-state index contributed by atoms with van der Waals surface area (Å²) in [7, 11) is 1.96. The highest BCUT2D eigenvalue weighted by atomic mass is 16.5. The first kappa shape index (κ1) is 15.3. The molecule has 2 unspecified atom stereocenters. The second kappa shape index (κ2) is 6.58. The number of urea groups is 1. The Morgan fingerprint density at radius 3 is 2.86 bits per heavy atom. The first-order chi connectivity index (χ1) is 10.0. The van der Waals surface area contributed by atoms with Gasteiger partial charge < -0.3 is 15.8 Å². The molecule has 21 heavy (non-hydrogen) atoms. The van der Waals surface area contributed by atoms with E-state index in [1.807, 2.05) is 30.6 Å². The third-order valence-electron chi connectivity index (χ3n) is 3.71. The molecule has 1 aromatic carbocycles. The summed E-state index contributed by atoms with van der Waals surface area (Å²) in [4.78, 5) is 22.3. The molecule has 1 aliphatic carbocycles. The molecule has 0 fully saturated rings. The number of benzene rings is 1. The zero-order chi connectivity index (χ0) is 15.4. The molecule has 0 spiro atoms. The van der Waals surface area contributed by atoms with Crippen molar-refractivity contribution >= 4 is 11.9 Å². The molecule has 0 aliphatic heterocycles. The quantitative estimate of drug-likeness (QED) is 0.778. The number of nitrogens with two attached hydrogens (primary N) is 1. The first-order valence-electron chi connectivity index (χ1n) is 7.08. The second-order valence-electron chi connectivity index (χ2n) is 5.21. The molecule has 114 valence electrons. The van der Waals surface area contributed by atoms with Gasteiger partial charge >= 0.3 is 6.03 Å². The fraction of sp³-hybridized carbons (Fsp3) is 0.467. The van der Waals surface area contributed by atoms with Crippen molar-refractivity contribution in [3.63, 3.8) is 0 Å². The van der Waals surface area contributed by atoms with E-state index in [-0.39, 0.29) is 0 Å². The summed E-state index contributed by atoms with van der Waals surface area (Å²) < 4.78 is 5.57. The number of primary amides is 1. The number of ether oxygens (including phenoxy) is 1. The van der Waals surface area contributed by atoms with Crippen LogP contribution in [0.2, 0.25) is 0 Å². The third-order valence-corrected chi connectivity index (χ3v) is 3.71. The normalized spacial score (nSPS) is 18.5. The van der Waals surface area contributed by atoms with Crippen LogP contribution in [0.25, 0.3) is 0 Å². The smallest absolute Gasteiger partial charge is 0.318 e. The zero-order valence-electron chi connectivity index (χ0n) is 12.3. The molecule has 1 aromatic rings. The Morgan fingerprint density at radius 1 is 1.43 bits per heavy atom. The number of imide groups is 1. The van der Waals surface area contributed by atoms with E-state index in [9.17, 15) is 9.59 Å². The minimum Gasteiger partial charge on any atom is -0.481 e. The third kappa shape index (κ3) is 3.72. The van der Waals surface area contributed by atoms with Crippen molar-refractivity contribution in [3.05, 3.63) is 29.3 Å². The van der Waals surface area contributed by atoms with Crippen LogP contribution in [0.3, 0.4) is 0 Å². The average Bonchev–Trinajstić information content (AvgIpc) is 2.45. The van der Waals surface area contributed by atoms with Crippen LogP contribution < -0.4 is 21.1 Å². The molecule has 0 bridgehead atoms. The lowest BCUT2D eigenvalue weighted by Gasteiger charge is -2.26. The summed E-state index contributed by atoms with van der Waals surface area (Å²) >= 11 is 0. The standard InChI is InChI=1S/C15H21N3O3/c1-9(14(19)18-15(16)20)21-11-6-7-12-10(8-11)4-3-5-13(12)17-2/h6-9,13,17H,3-5H2,1-2H3,(H3,16,18,19,20). The molecule has 2 atom stereocenters. The van der Waals surface area contributed by atoms with Crippen LogP contribution in [0.5, 0.6) is 5.75 Å². The summed E-state index contributed by atoms with van der Waals surface area (Å²) in [5, 5.41) is 5.31. The number of nitrogens with one attached hydrogen (secondary N) is 2. The number of amides is 3. The SMILES string of the molecule is CNC1CCCc2cc(OC(C)C(=O)NC(N)=O)ccc21. The number of fused-ring (bicyclic) bond motifs is 1. The van der Waals surface area contributed by atoms with Gasteiger partial charge in [0.05, 0.1) is 0 Å². The predicted octanol–water partition coefficient (Wildman–Crippen LogP) is 1.25. The van der Waals surface area contributed by atoms with Gasteiger partial charge in [0.2, 0.25) is 0 Å². The minimum absolute atomic E-state index is 0.374. The van der Waals surface area contributed by atoms with E-state index in [4.69, 9.17) is 10.5 Å². The number of aryl methyl sites for hydroxylation is 1. The van der Waals surface area contributed by atoms with Gasteiger partial charge in [0, 0.05) is 6.04 Å². The topological polar surface area (TPSA) is 93.4 Å². The van der Waals surface area contributed by atoms with E-state index in [2.05, 4.69) is 5.32 Å². The summed E-state index contributed by atoms with van der Waals surface area (Å²) in [5.41, 5.74) is 7.43. The monoisotopic (exact) mass is 291 g/mol. The van der Waals surface area contributed by atoms with Gasteiger partial charge in [-0.25, -0.2) is 4.79 Å². The van der Waals surface area contributed by atoms with Gasteiger partial charge in [-0.3, -0.25) is 10.1 Å². The number of carbonyl (C=O) groups is 2. The van der Waals surface area contributed by atoms with Crippen molar-refractivity contribution in [2.75, 3.05) is 7.05 Å². The van der Waals surface area contributed by atoms with Gasteiger partial charge in [0.1, 0.15) is 5.75 Å². The predicted molar refractivity (Wildman–Crippen MR) is 79.0 cm³/mol. The summed E-state index contributed by atoms with van der Waals surface area (Å²) in [6.07, 6.45) is 2.48. The lowest BCUT2D eigenvalue weighted by atomic mass is 9.87. The fourth-order valence-electron chi connectivity index (χ4n) is 2.64. The first-order valence-corrected chi connectivity index (χ1v) is 7.08. The van der Waals surface area contributed by atoms with Crippen LogP contribution >= 0.6 is 0 Å². The number of rotatable bonds is 4. The van der Waals surface area contributed by atoms with E-state index >= 15 is 0 Å². The Bertz CT molecular complexity index is 545. The number of hydrogen-bond donors (Lipinski definition) is 3. The van der Waals surface area contributed by atoms with Crippen LogP contribution in [0.4, 0.5) is 4.79 Å². The van der Waals surface area contributed by atoms with Crippen LogP contribution in [0.15, 0.2) is 18.2 Å². The van der Waals surface area contributed by atoms with Crippen molar-refractivity contribution < 1.29 is 14.3 Å². The van der Waals surface area contributed by atoms with Gasteiger partial charge in [-0.2, -0.15) is 0 Å². The lowest BCUT2D eigenvalue weighted by molar-refractivity contribution is -0.126. The Labute approximate surface area is 124 Å². The number of carbonyl (C=O) groups excluding carboxylic acids is 2. The van der Waals surface area contributed by atoms with Crippen molar-refractivity contribution in [3.8, 4) is 5.75 Å². The molecule has 0 aromatic heterocycles. The number of hydrogen-bond acceptors (Lipinski definition) is 4. The van der Waals surface area contributed by atoms with Crippen LogP contribution in [0.1, 0.15) is 36.9 Å². The zero-order valence-corrected chi connectivity index (χ0v) is 12.3. The molecular weight excluding hydrogens is 270 g/mol. The highest BCUT2D eigenvalue weighted by Crippen LogP contribution is 2.32. The molecule has 4 N–H and O–H groups in total. The van der Waals surface area contributed by atoms with Crippen LogP contribution in [0, 0.1) is 0 Å². The molecule has 0 radical (unpaired) electrons. The Kier molecular flexibility index (Phi) is 4.80. The fourth-order valence-corrected chi connectivity index (χ4v) is 2.64. The average molecular weight is 291 g/mol. The summed E-state index contributed by atoms with van der Waals surface area (Å²) in [6.45, 7) is 1.58. The second-order valence-corrected chi connectivity index (χ2v) is 5.21. The molecule has 3 amide bonds. The molecule has 0 saturated heterocycles. The lowest BCUT2D eigenvalue weighted by Crippen LogP contribution is -2.42. The highest BCUT2D eigenvalue weighted by molar-refractivity contribution is 5.95. The van der Waals surface area contributed by atoms with Crippen molar-refractivity contribution in [1.29, 1.82) is 0 Å². The Hall–Kier alpha value is -2.08. The van der Waals surface area contributed by atoms with E-state index < -0.39 is 18.0 Å². The van der Waals surface area contributed by atoms with E-state index in [0.717, 1.165) is 19.3 Å². The van der Waals surface area contributed by atoms with Crippen LogP contribution in [-0.2, 0) is 11.2 Å².